The Kier molecular flexibility index (Phi) is 2.78. The first-order chi connectivity index (χ1) is 6.88. The van der Waals surface area contributed by atoms with Crippen LogP contribution in [0.15, 0.2) is 12.3 Å². The van der Waals surface area contributed by atoms with Crippen LogP contribution in [-0.2, 0) is 0 Å². The van der Waals surface area contributed by atoms with E-state index < -0.39 is 0 Å². The van der Waals surface area contributed by atoms with Crippen molar-refractivity contribution in [3.63, 3.8) is 0 Å². The average molecular weight is 194 g/mol. The van der Waals surface area contributed by atoms with E-state index in [2.05, 4.69) is 20.6 Å². The number of hydrogen-bond donors (Lipinski definition) is 2. The van der Waals surface area contributed by atoms with Crippen molar-refractivity contribution in [2.45, 2.75) is 12.5 Å². The molecule has 0 amide bonds. The van der Waals surface area contributed by atoms with E-state index >= 15 is 0 Å². The standard InChI is InChI=1S/C9H14N4O/c1-10-8-3-5-12-9(13-8)14-7-2-4-11-6-7/h3,5,7,11H,2,4,6H2,1H3,(H,10,12,13). The molecule has 5 nitrogen and oxygen atoms in total. The van der Waals surface area contributed by atoms with Crippen molar-refractivity contribution in [2.75, 3.05) is 25.5 Å². The van der Waals surface area contributed by atoms with Gasteiger partial charge in [-0.15, -0.1) is 0 Å². The van der Waals surface area contributed by atoms with Gasteiger partial charge in [0.2, 0.25) is 0 Å². The number of aromatic nitrogens is 2. The smallest absolute Gasteiger partial charge is 0.318 e. The van der Waals surface area contributed by atoms with E-state index in [0.29, 0.717) is 6.01 Å². The van der Waals surface area contributed by atoms with Crippen LogP contribution in [0, 0.1) is 0 Å². The predicted octanol–water partition coefficient (Wildman–Crippen LogP) is 0.259. The Morgan fingerprint density at radius 2 is 2.57 bits per heavy atom. The molecule has 1 fully saturated rings. The van der Waals surface area contributed by atoms with Gasteiger partial charge < -0.3 is 15.4 Å². The first-order valence-corrected chi connectivity index (χ1v) is 4.76. The van der Waals surface area contributed by atoms with Crippen molar-refractivity contribution >= 4 is 5.82 Å². The number of nitrogens with zero attached hydrogens (tertiary/aromatic N) is 2. The molecule has 0 spiro atoms. The molecule has 0 bridgehead atoms. The second kappa shape index (κ2) is 4.23. The van der Waals surface area contributed by atoms with E-state index in [-0.39, 0.29) is 6.10 Å². The first-order valence-electron chi connectivity index (χ1n) is 4.76. The Bertz CT molecular complexity index is 299. The number of nitrogens with one attached hydrogen (secondary N) is 2. The Morgan fingerprint density at radius 3 is 3.29 bits per heavy atom. The number of ether oxygens (including phenoxy) is 1. The second-order valence-corrected chi connectivity index (χ2v) is 3.21. The van der Waals surface area contributed by atoms with Gasteiger partial charge in [0.1, 0.15) is 11.9 Å². The highest BCUT2D eigenvalue weighted by Gasteiger charge is 2.16. The molecule has 1 aromatic heterocycles. The summed E-state index contributed by atoms with van der Waals surface area (Å²) in [5, 5.41) is 6.17. The van der Waals surface area contributed by atoms with Crippen LogP contribution in [0.4, 0.5) is 5.82 Å². The highest BCUT2D eigenvalue weighted by atomic mass is 16.5. The van der Waals surface area contributed by atoms with Crippen molar-refractivity contribution in [2.24, 2.45) is 0 Å². The van der Waals surface area contributed by atoms with E-state index in [1.807, 2.05) is 7.05 Å². The fourth-order valence-corrected chi connectivity index (χ4v) is 1.41. The van der Waals surface area contributed by atoms with Gasteiger partial charge in [0.05, 0.1) is 0 Å². The summed E-state index contributed by atoms with van der Waals surface area (Å²) in [6, 6.07) is 2.25. The molecule has 1 unspecified atom stereocenters. The average Bonchev–Trinajstić information content (AvgIpc) is 2.71. The lowest BCUT2D eigenvalue weighted by Gasteiger charge is -2.10. The maximum absolute atomic E-state index is 5.59. The fourth-order valence-electron chi connectivity index (χ4n) is 1.41. The normalized spacial score (nSPS) is 20.8. The molecule has 0 radical (unpaired) electrons. The highest BCUT2D eigenvalue weighted by molar-refractivity contribution is 5.32. The van der Waals surface area contributed by atoms with Gasteiger partial charge in [-0.1, -0.05) is 0 Å². The molecule has 0 aliphatic carbocycles. The molecule has 0 saturated carbocycles. The summed E-state index contributed by atoms with van der Waals surface area (Å²) in [4.78, 5) is 8.23. The number of hydrogen-bond acceptors (Lipinski definition) is 5. The van der Waals surface area contributed by atoms with E-state index in [1.54, 1.807) is 12.3 Å². The van der Waals surface area contributed by atoms with Gasteiger partial charge in [0.25, 0.3) is 0 Å². The zero-order valence-corrected chi connectivity index (χ0v) is 8.16. The SMILES string of the molecule is CNc1ccnc(OC2CCNC2)n1. The lowest BCUT2D eigenvalue weighted by Crippen LogP contribution is -2.20. The van der Waals surface area contributed by atoms with Gasteiger partial charge in [-0.05, 0) is 19.0 Å². The van der Waals surface area contributed by atoms with Gasteiger partial charge in [-0.25, -0.2) is 4.98 Å². The van der Waals surface area contributed by atoms with Crippen molar-refractivity contribution in [3.05, 3.63) is 12.3 Å². The third kappa shape index (κ3) is 2.11. The maximum Gasteiger partial charge on any atom is 0.318 e. The summed E-state index contributed by atoms with van der Waals surface area (Å²) < 4.78 is 5.59. The van der Waals surface area contributed by atoms with Crippen molar-refractivity contribution in [1.29, 1.82) is 0 Å². The molecule has 1 aromatic rings. The van der Waals surface area contributed by atoms with Gasteiger partial charge in [0, 0.05) is 19.8 Å². The quantitative estimate of drug-likeness (QED) is 0.722. The van der Waals surface area contributed by atoms with Crippen LogP contribution in [0.5, 0.6) is 6.01 Å². The molecule has 5 heteroatoms. The Hall–Kier alpha value is -1.36. The molecule has 2 rings (SSSR count). The number of anilines is 1. The molecular weight excluding hydrogens is 180 g/mol. The minimum Gasteiger partial charge on any atom is -0.459 e. The molecule has 76 valence electrons. The first kappa shape index (κ1) is 9.21. The summed E-state index contributed by atoms with van der Waals surface area (Å²) in [7, 11) is 1.82. The van der Waals surface area contributed by atoms with E-state index in [4.69, 9.17) is 4.74 Å². The highest BCUT2D eigenvalue weighted by Crippen LogP contribution is 2.11. The van der Waals surface area contributed by atoms with Crippen molar-refractivity contribution in [1.82, 2.24) is 15.3 Å². The molecule has 0 aromatic carbocycles. The summed E-state index contributed by atoms with van der Waals surface area (Å²) in [6.45, 7) is 1.89. The third-order valence-electron chi connectivity index (χ3n) is 2.18. The van der Waals surface area contributed by atoms with Crippen LogP contribution in [0.3, 0.4) is 0 Å². The number of rotatable bonds is 3. The largest absolute Gasteiger partial charge is 0.459 e. The lowest BCUT2D eigenvalue weighted by atomic mass is 10.3. The van der Waals surface area contributed by atoms with Crippen LogP contribution in [0.25, 0.3) is 0 Å². The molecule has 1 saturated heterocycles. The summed E-state index contributed by atoms with van der Waals surface area (Å²) in [5.74, 6) is 0.779. The van der Waals surface area contributed by atoms with Gasteiger partial charge in [-0.2, -0.15) is 4.98 Å². The van der Waals surface area contributed by atoms with Crippen LogP contribution in [0.2, 0.25) is 0 Å². The Balaban J connectivity index is 2.00. The van der Waals surface area contributed by atoms with Crippen LogP contribution in [0.1, 0.15) is 6.42 Å². The molecule has 1 atom stereocenters. The van der Waals surface area contributed by atoms with Crippen LogP contribution >= 0.6 is 0 Å². The van der Waals surface area contributed by atoms with E-state index in [0.717, 1.165) is 25.3 Å². The second-order valence-electron chi connectivity index (χ2n) is 3.21. The molecule has 1 aliphatic rings. The third-order valence-corrected chi connectivity index (χ3v) is 2.18. The van der Waals surface area contributed by atoms with Gasteiger partial charge >= 0.3 is 6.01 Å². The minimum absolute atomic E-state index is 0.210. The molecule has 2 heterocycles. The van der Waals surface area contributed by atoms with Gasteiger partial charge in [0.15, 0.2) is 0 Å². The lowest BCUT2D eigenvalue weighted by molar-refractivity contribution is 0.204. The molecule has 2 N–H and O–H groups in total. The van der Waals surface area contributed by atoms with Gasteiger partial charge in [-0.3, -0.25) is 0 Å². The van der Waals surface area contributed by atoms with Crippen molar-refractivity contribution < 1.29 is 4.74 Å². The summed E-state index contributed by atoms with van der Waals surface area (Å²) >= 11 is 0. The molecular formula is C9H14N4O. The Morgan fingerprint density at radius 1 is 1.64 bits per heavy atom. The summed E-state index contributed by atoms with van der Waals surface area (Å²) in [6.07, 6.45) is 2.92. The zero-order chi connectivity index (χ0) is 9.80. The molecule has 1 aliphatic heterocycles. The monoisotopic (exact) mass is 194 g/mol. The minimum atomic E-state index is 0.210. The zero-order valence-electron chi connectivity index (χ0n) is 8.16. The van der Waals surface area contributed by atoms with E-state index in [9.17, 15) is 0 Å². The summed E-state index contributed by atoms with van der Waals surface area (Å²) in [5.41, 5.74) is 0. The van der Waals surface area contributed by atoms with Crippen molar-refractivity contribution in [3.8, 4) is 6.01 Å². The Labute approximate surface area is 82.9 Å². The van der Waals surface area contributed by atoms with Crippen LogP contribution in [-0.4, -0.2) is 36.2 Å². The molecule has 14 heavy (non-hydrogen) atoms. The topological polar surface area (TPSA) is 59.1 Å². The van der Waals surface area contributed by atoms with E-state index in [1.165, 1.54) is 0 Å². The fraction of sp³-hybridized carbons (Fsp3) is 0.556. The maximum atomic E-state index is 5.59. The van der Waals surface area contributed by atoms with Crippen LogP contribution < -0.4 is 15.4 Å². The predicted molar refractivity (Wildman–Crippen MR) is 53.5 cm³/mol.